The molecule has 3 nitrogen and oxygen atoms in total. The fourth-order valence-electron chi connectivity index (χ4n) is 1.29. The SMILES string of the molecule is CC(=O)O[C@H](CBr)Cc1ccccc1O. The number of phenols is 1. The number of phenolic OH excluding ortho intramolecular Hbond substituents is 1. The molecule has 0 heterocycles. The van der Waals surface area contributed by atoms with Gasteiger partial charge in [-0.25, -0.2) is 0 Å². The molecule has 0 fully saturated rings. The minimum atomic E-state index is -0.310. The van der Waals surface area contributed by atoms with Gasteiger partial charge >= 0.3 is 5.97 Å². The summed E-state index contributed by atoms with van der Waals surface area (Å²) in [5.41, 5.74) is 0.781. The number of esters is 1. The van der Waals surface area contributed by atoms with Gasteiger partial charge in [-0.05, 0) is 11.6 Å². The number of aromatic hydroxyl groups is 1. The average Bonchev–Trinajstić information content (AvgIpc) is 2.19. The Hall–Kier alpha value is -1.03. The summed E-state index contributed by atoms with van der Waals surface area (Å²) in [5, 5.41) is 10.1. The Morgan fingerprint density at radius 2 is 2.20 bits per heavy atom. The zero-order valence-corrected chi connectivity index (χ0v) is 10.0. The third-order valence-electron chi connectivity index (χ3n) is 1.94. The number of benzene rings is 1. The van der Waals surface area contributed by atoms with Crippen LogP contribution in [0.15, 0.2) is 24.3 Å². The van der Waals surface area contributed by atoms with E-state index in [1.54, 1.807) is 12.1 Å². The molecule has 1 aromatic carbocycles. The molecule has 1 N–H and O–H groups in total. The summed E-state index contributed by atoms with van der Waals surface area (Å²) in [6.45, 7) is 1.38. The van der Waals surface area contributed by atoms with Crippen LogP contribution in [-0.2, 0) is 16.0 Å². The van der Waals surface area contributed by atoms with E-state index in [2.05, 4.69) is 15.9 Å². The van der Waals surface area contributed by atoms with Crippen molar-refractivity contribution >= 4 is 21.9 Å². The van der Waals surface area contributed by atoms with Gasteiger partial charge < -0.3 is 9.84 Å². The van der Waals surface area contributed by atoms with Crippen LogP contribution in [0.2, 0.25) is 0 Å². The lowest BCUT2D eigenvalue weighted by Gasteiger charge is -2.14. The van der Waals surface area contributed by atoms with E-state index in [0.29, 0.717) is 11.8 Å². The maximum atomic E-state index is 10.8. The zero-order chi connectivity index (χ0) is 11.3. The van der Waals surface area contributed by atoms with Crippen molar-refractivity contribution < 1.29 is 14.6 Å². The van der Waals surface area contributed by atoms with E-state index in [-0.39, 0.29) is 17.8 Å². The van der Waals surface area contributed by atoms with E-state index in [9.17, 15) is 9.90 Å². The van der Waals surface area contributed by atoms with Gasteiger partial charge in [-0.1, -0.05) is 34.1 Å². The molecule has 15 heavy (non-hydrogen) atoms. The molecule has 1 aromatic rings. The van der Waals surface area contributed by atoms with Gasteiger partial charge in [0.2, 0.25) is 0 Å². The van der Waals surface area contributed by atoms with Crippen molar-refractivity contribution in [1.29, 1.82) is 0 Å². The highest BCUT2D eigenvalue weighted by Gasteiger charge is 2.13. The first-order valence-electron chi connectivity index (χ1n) is 4.63. The zero-order valence-electron chi connectivity index (χ0n) is 8.44. The summed E-state index contributed by atoms with van der Waals surface area (Å²) in [5.74, 6) is -0.0783. The third kappa shape index (κ3) is 3.91. The number of alkyl halides is 1. The molecule has 0 aliphatic rings. The molecule has 0 radical (unpaired) electrons. The first-order chi connectivity index (χ1) is 7.13. The van der Waals surface area contributed by atoms with Gasteiger partial charge in [0.1, 0.15) is 11.9 Å². The second-order valence-electron chi connectivity index (χ2n) is 3.22. The van der Waals surface area contributed by atoms with Gasteiger partial charge in [0, 0.05) is 18.7 Å². The first-order valence-corrected chi connectivity index (χ1v) is 5.75. The normalized spacial score (nSPS) is 12.1. The van der Waals surface area contributed by atoms with Crippen molar-refractivity contribution in [2.75, 3.05) is 5.33 Å². The summed E-state index contributed by atoms with van der Waals surface area (Å²) in [6.07, 6.45) is 0.271. The van der Waals surface area contributed by atoms with Crippen LogP contribution in [0.5, 0.6) is 5.75 Å². The van der Waals surface area contributed by atoms with Gasteiger partial charge in [-0.15, -0.1) is 0 Å². The Balaban J connectivity index is 2.66. The van der Waals surface area contributed by atoms with Crippen LogP contribution in [0.1, 0.15) is 12.5 Å². The van der Waals surface area contributed by atoms with Crippen molar-refractivity contribution in [2.24, 2.45) is 0 Å². The molecule has 0 aromatic heterocycles. The molecule has 0 aliphatic carbocycles. The molecule has 1 atom stereocenters. The minimum Gasteiger partial charge on any atom is -0.508 e. The van der Waals surface area contributed by atoms with Crippen LogP contribution in [0.25, 0.3) is 0 Å². The van der Waals surface area contributed by atoms with Crippen LogP contribution >= 0.6 is 15.9 Å². The molecule has 0 unspecified atom stereocenters. The van der Waals surface area contributed by atoms with Crippen molar-refractivity contribution in [1.82, 2.24) is 0 Å². The van der Waals surface area contributed by atoms with Crippen molar-refractivity contribution in [3.63, 3.8) is 0 Å². The molecule has 0 bridgehead atoms. The lowest BCUT2D eigenvalue weighted by atomic mass is 10.1. The topological polar surface area (TPSA) is 46.5 Å². The van der Waals surface area contributed by atoms with E-state index in [4.69, 9.17) is 4.74 Å². The van der Waals surface area contributed by atoms with Crippen LogP contribution < -0.4 is 0 Å². The highest BCUT2D eigenvalue weighted by Crippen LogP contribution is 2.19. The number of carbonyl (C=O) groups is 1. The molecule has 82 valence electrons. The van der Waals surface area contributed by atoms with E-state index in [1.165, 1.54) is 6.92 Å². The molecular formula is C11H13BrO3. The van der Waals surface area contributed by atoms with E-state index in [0.717, 1.165) is 5.56 Å². The summed E-state index contributed by atoms with van der Waals surface area (Å²) >= 11 is 3.27. The van der Waals surface area contributed by atoms with Gasteiger partial charge in [-0.3, -0.25) is 4.79 Å². The number of carbonyl (C=O) groups excluding carboxylic acids is 1. The largest absolute Gasteiger partial charge is 0.508 e. The fraction of sp³-hybridized carbons (Fsp3) is 0.364. The number of para-hydroxylation sites is 1. The van der Waals surface area contributed by atoms with E-state index < -0.39 is 0 Å². The molecule has 4 heteroatoms. The highest BCUT2D eigenvalue weighted by molar-refractivity contribution is 9.09. The quantitative estimate of drug-likeness (QED) is 0.676. The van der Waals surface area contributed by atoms with Gasteiger partial charge in [0.15, 0.2) is 0 Å². The molecule has 1 rings (SSSR count). The standard InChI is InChI=1S/C11H13BrO3/c1-8(13)15-10(7-12)6-9-4-2-3-5-11(9)14/h2-5,10,14H,6-7H2,1H3/t10-/m0/s1. The van der Waals surface area contributed by atoms with Gasteiger partial charge in [-0.2, -0.15) is 0 Å². The maximum absolute atomic E-state index is 10.8. The summed E-state index contributed by atoms with van der Waals surface area (Å²) in [7, 11) is 0. The number of ether oxygens (including phenoxy) is 1. The lowest BCUT2D eigenvalue weighted by molar-refractivity contribution is -0.145. The second-order valence-corrected chi connectivity index (χ2v) is 3.87. The monoisotopic (exact) mass is 272 g/mol. The van der Waals surface area contributed by atoms with Crippen molar-refractivity contribution in [3.05, 3.63) is 29.8 Å². The van der Waals surface area contributed by atoms with Gasteiger partial charge in [0.05, 0.1) is 0 Å². The fourth-order valence-corrected chi connectivity index (χ4v) is 1.65. The number of hydrogen-bond acceptors (Lipinski definition) is 3. The van der Waals surface area contributed by atoms with Crippen LogP contribution in [0, 0.1) is 0 Å². The number of hydrogen-bond donors (Lipinski definition) is 1. The Kier molecular flexibility index (Phi) is 4.62. The van der Waals surface area contributed by atoms with Gasteiger partial charge in [0.25, 0.3) is 0 Å². The van der Waals surface area contributed by atoms with Crippen LogP contribution in [0.4, 0.5) is 0 Å². The van der Waals surface area contributed by atoms with E-state index in [1.807, 2.05) is 12.1 Å². The van der Waals surface area contributed by atoms with Crippen molar-refractivity contribution in [2.45, 2.75) is 19.4 Å². The summed E-state index contributed by atoms with van der Waals surface area (Å²) in [4.78, 5) is 10.8. The Bertz CT molecular complexity index is 338. The molecule has 0 saturated heterocycles. The second kappa shape index (κ2) is 5.75. The Morgan fingerprint density at radius 3 is 2.73 bits per heavy atom. The molecule has 0 amide bonds. The first kappa shape index (κ1) is 12.0. The molecule has 0 aliphatic heterocycles. The minimum absolute atomic E-state index is 0.232. The third-order valence-corrected chi connectivity index (χ3v) is 2.67. The van der Waals surface area contributed by atoms with Crippen LogP contribution in [0.3, 0.4) is 0 Å². The summed E-state index contributed by atoms with van der Waals surface area (Å²) in [6, 6.07) is 7.03. The highest BCUT2D eigenvalue weighted by atomic mass is 79.9. The smallest absolute Gasteiger partial charge is 0.302 e. The Labute approximate surface area is 97.2 Å². The van der Waals surface area contributed by atoms with Crippen molar-refractivity contribution in [3.8, 4) is 5.75 Å². The Morgan fingerprint density at radius 1 is 1.53 bits per heavy atom. The lowest BCUT2D eigenvalue weighted by Crippen LogP contribution is -2.20. The molecular weight excluding hydrogens is 260 g/mol. The summed E-state index contributed by atoms with van der Waals surface area (Å²) < 4.78 is 5.06. The van der Waals surface area contributed by atoms with E-state index >= 15 is 0 Å². The molecule has 0 spiro atoms. The molecule has 0 saturated carbocycles. The average molecular weight is 273 g/mol. The number of halogens is 1. The maximum Gasteiger partial charge on any atom is 0.302 e. The predicted molar refractivity (Wildman–Crippen MR) is 61.2 cm³/mol. The predicted octanol–water partition coefficient (Wildman–Crippen LogP) is 2.26. The van der Waals surface area contributed by atoms with Crippen LogP contribution in [-0.4, -0.2) is 22.5 Å². The number of rotatable bonds is 4.